The normalized spacial score (nSPS) is 39.1. The molecule has 3 nitrogen and oxygen atoms in total. The van der Waals surface area contributed by atoms with E-state index in [4.69, 9.17) is 5.73 Å². The smallest absolute Gasteiger partial charge is 0.237 e. The highest BCUT2D eigenvalue weighted by Crippen LogP contribution is 2.65. The minimum atomic E-state index is -0.379. The third kappa shape index (κ3) is 1.78. The Morgan fingerprint density at radius 1 is 1.33 bits per heavy atom. The number of carbonyl (C=O) groups is 1. The molecule has 0 aliphatic heterocycles. The number of amides is 1. The first-order valence-corrected chi connectivity index (χ1v) is 7.26. The summed E-state index contributed by atoms with van der Waals surface area (Å²) in [6, 6.07) is -0.0700. The summed E-state index contributed by atoms with van der Waals surface area (Å²) in [7, 11) is 0. The van der Waals surface area contributed by atoms with Crippen LogP contribution in [0.15, 0.2) is 0 Å². The predicted octanol–water partition coefficient (Wildman–Crippen LogP) is 2.30. The van der Waals surface area contributed by atoms with Gasteiger partial charge in [0.15, 0.2) is 0 Å². The van der Waals surface area contributed by atoms with Gasteiger partial charge >= 0.3 is 0 Å². The monoisotopic (exact) mass is 252 g/mol. The molecule has 0 radical (unpaired) electrons. The summed E-state index contributed by atoms with van der Waals surface area (Å²) in [5.41, 5.74) is 6.52. The molecule has 2 bridgehead atoms. The Morgan fingerprint density at radius 2 is 1.94 bits per heavy atom. The van der Waals surface area contributed by atoms with E-state index in [0.29, 0.717) is 11.5 Å². The molecule has 3 N–H and O–H groups in total. The van der Waals surface area contributed by atoms with Gasteiger partial charge in [-0.3, -0.25) is 4.79 Å². The number of nitrogens with two attached hydrogens (primary N) is 1. The lowest BCUT2D eigenvalue weighted by atomic mass is 9.69. The van der Waals surface area contributed by atoms with E-state index in [1.165, 1.54) is 12.8 Å². The zero-order valence-electron chi connectivity index (χ0n) is 12.4. The van der Waals surface area contributed by atoms with Crippen molar-refractivity contribution in [1.29, 1.82) is 0 Å². The summed E-state index contributed by atoms with van der Waals surface area (Å²) in [4.78, 5) is 12.1. The molecule has 4 atom stereocenters. The number of hydrogen-bond acceptors (Lipinski definition) is 2. The molecule has 18 heavy (non-hydrogen) atoms. The van der Waals surface area contributed by atoms with Crippen LogP contribution >= 0.6 is 0 Å². The van der Waals surface area contributed by atoms with Crippen molar-refractivity contribution in [3.05, 3.63) is 0 Å². The number of nitrogens with one attached hydrogen (secondary N) is 1. The fourth-order valence-corrected chi connectivity index (χ4v) is 3.99. The van der Waals surface area contributed by atoms with Gasteiger partial charge in [-0.15, -0.1) is 0 Å². The van der Waals surface area contributed by atoms with Crippen molar-refractivity contribution >= 4 is 5.91 Å². The summed E-state index contributed by atoms with van der Waals surface area (Å²) in [6.07, 6.45) is 3.67. The van der Waals surface area contributed by atoms with Crippen molar-refractivity contribution in [2.75, 3.05) is 0 Å². The van der Waals surface area contributed by atoms with Crippen LogP contribution < -0.4 is 11.1 Å². The van der Waals surface area contributed by atoms with Crippen LogP contribution in [-0.2, 0) is 4.79 Å². The zero-order chi connectivity index (χ0) is 13.7. The Morgan fingerprint density at radius 3 is 2.33 bits per heavy atom. The fourth-order valence-electron chi connectivity index (χ4n) is 3.99. The minimum absolute atomic E-state index is 0.0274. The molecule has 0 aromatic carbocycles. The molecular weight excluding hydrogens is 224 g/mol. The fraction of sp³-hybridized carbons (Fsp3) is 0.933. The van der Waals surface area contributed by atoms with Gasteiger partial charge in [0.25, 0.3) is 0 Å². The van der Waals surface area contributed by atoms with Gasteiger partial charge in [-0.1, -0.05) is 34.6 Å². The second-order valence-electron chi connectivity index (χ2n) is 7.44. The molecule has 2 aliphatic rings. The Balaban J connectivity index is 2.07. The topological polar surface area (TPSA) is 55.1 Å². The Kier molecular flexibility index (Phi) is 3.25. The SMILES string of the molecule is CC(C)[C@@H](N)C(=O)NC1CC2CCC1(C)C2(C)C. The minimum Gasteiger partial charge on any atom is -0.351 e. The first-order chi connectivity index (χ1) is 8.20. The summed E-state index contributed by atoms with van der Waals surface area (Å²) in [5.74, 6) is 0.979. The van der Waals surface area contributed by atoms with Crippen LogP contribution in [0, 0.1) is 22.7 Å². The first kappa shape index (κ1) is 13.9. The number of rotatable bonds is 3. The highest BCUT2D eigenvalue weighted by atomic mass is 16.2. The van der Waals surface area contributed by atoms with Gasteiger partial charge in [0.1, 0.15) is 0 Å². The van der Waals surface area contributed by atoms with Crippen LogP contribution in [0.2, 0.25) is 0 Å². The van der Waals surface area contributed by atoms with Crippen LogP contribution in [-0.4, -0.2) is 18.0 Å². The average molecular weight is 252 g/mol. The Labute approximate surface area is 111 Å². The molecule has 0 aromatic rings. The lowest BCUT2D eigenvalue weighted by Crippen LogP contribution is -2.52. The molecule has 0 spiro atoms. The standard InChI is InChI=1S/C15H28N2O/c1-9(2)12(16)13(18)17-11-8-10-6-7-15(11,5)14(10,3)4/h9-12H,6-8,16H2,1-5H3,(H,17,18)/t10?,11?,12-,15?/m1/s1. The van der Waals surface area contributed by atoms with Crippen molar-refractivity contribution in [2.45, 2.75) is 66.0 Å². The maximum Gasteiger partial charge on any atom is 0.237 e. The van der Waals surface area contributed by atoms with Crippen molar-refractivity contribution in [2.24, 2.45) is 28.4 Å². The highest BCUT2D eigenvalue weighted by molar-refractivity contribution is 5.82. The van der Waals surface area contributed by atoms with Crippen molar-refractivity contribution in [3.8, 4) is 0 Å². The van der Waals surface area contributed by atoms with Crippen LogP contribution in [0.25, 0.3) is 0 Å². The zero-order valence-corrected chi connectivity index (χ0v) is 12.4. The van der Waals surface area contributed by atoms with Gasteiger partial charge in [0, 0.05) is 6.04 Å². The number of carbonyl (C=O) groups excluding carboxylic acids is 1. The quantitative estimate of drug-likeness (QED) is 0.810. The van der Waals surface area contributed by atoms with E-state index in [0.717, 1.165) is 12.3 Å². The number of hydrogen-bond donors (Lipinski definition) is 2. The molecule has 3 heteroatoms. The number of fused-ring (bicyclic) bond motifs is 2. The molecule has 2 aliphatic carbocycles. The molecule has 3 unspecified atom stereocenters. The summed E-state index contributed by atoms with van der Waals surface area (Å²) < 4.78 is 0. The summed E-state index contributed by atoms with van der Waals surface area (Å²) in [6.45, 7) is 11.1. The second kappa shape index (κ2) is 4.22. The lowest BCUT2D eigenvalue weighted by molar-refractivity contribution is -0.125. The molecule has 2 rings (SSSR count). The molecule has 0 aromatic heterocycles. The van der Waals surface area contributed by atoms with Gasteiger partial charge in [-0.2, -0.15) is 0 Å². The summed E-state index contributed by atoms with van der Waals surface area (Å²) in [5, 5.41) is 3.22. The lowest BCUT2D eigenvalue weighted by Gasteiger charge is -2.39. The molecule has 1 amide bonds. The van der Waals surface area contributed by atoms with Gasteiger partial charge in [0.05, 0.1) is 6.04 Å². The molecule has 2 fully saturated rings. The first-order valence-electron chi connectivity index (χ1n) is 7.26. The van der Waals surface area contributed by atoms with E-state index in [1.807, 2.05) is 13.8 Å². The Hall–Kier alpha value is -0.570. The van der Waals surface area contributed by atoms with Crippen molar-refractivity contribution in [1.82, 2.24) is 5.32 Å². The van der Waals surface area contributed by atoms with Crippen LogP contribution in [0.5, 0.6) is 0 Å². The van der Waals surface area contributed by atoms with Crippen LogP contribution in [0.1, 0.15) is 53.9 Å². The van der Waals surface area contributed by atoms with E-state index >= 15 is 0 Å². The molecule has 2 saturated carbocycles. The van der Waals surface area contributed by atoms with Crippen molar-refractivity contribution < 1.29 is 4.79 Å². The third-order valence-corrected chi connectivity index (χ3v) is 6.13. The summed E-state index contributed by atoms with van der Waals surface area (Å²) >= 11 is 0. The molecule has 0 saturated heterocycles. The van der Waals surface area contributed by atoms with E-state index in [1.54, 1.807) is 0 Å². The molecular formula is C15H28N2O. The van der Waals surface area contributed by atoms with E-state index in [2.05, 4.69) is 26.1 Å². The average Bonchev–Trinajstić information content (AvgIpc) is 2.60. The highest BCUT2D eigenvalue weighted by Gasteiger charge is 2.61. The van der Waals surface area contributed by atoms with Crippen LogP contribution in [0.3, 0.4) is 0 Å². The van der Waals surface area contributed by atoms with Gasteiger partial charge in [-0.05, 0) is 41.9 Å². The molecule has 0 heterocycles. The second-order valence-corrected chi connectivity index (χ2v) is 7.44. The maximum absolute atomic E-state index is 12.1. The largest absolute Gasteiger partial charge is 0.351 e. The predicted molar refractivity (Wildman–Crippen MR) is 74.0 cm³/mol. The van der Waals surface area contributed by atoms with Gasteiger partial charge < -0.3 is 11.1 Å². The van der Waals surface area contributed by atoms with E-state index < -0.39 is 0 Å². The van der Waals surface area contributed by atoms with Gasteiger partial charge in [-0.25, -0.2) is 0 Å². The van der Waals surface area contributed by atoms with Crippen molar-refractivity contribution in [3.63, 3.8) is 0 Å². The van der Waals surface area contributed by atoms with Gasteiger partial charge in [0.2, 0.25) is 5.91 Å². The van der Waals surface area contributed by atoms with E-state index in [9.17, 15) is 4.79 Å². The Bertz CT molecular complexity index is 350. The maximum atomic E-state index is 12.1. The third-order valence-electron chi connectivity index (χ3n) is 6.13. The van der Waals surface area contributed by atoms with E-state index in [-0.39, 0.29) is 23.3 Å². The van der Waals surface area contributed by atoms with Crippen LogP contribution in [0.4, 0.5) is 0 Å². The molecule has 104 valence electrons.